The van der Waals surface area contributed by atoms with Gasteiger partial charge in [0.1, 0.15) is 36.0 Å². The second-order valence-electron chi connectivity index (χ2n) is 25.8. The van der Waals surface area contributed by atoms with Crippen molar-refractivity contribution in [3.63, 3.8) is 0 Å². The summed E-state index contributed by atoms with van der Waals surface area (Å²) >= 11 is 2.97. The van der Waals surface area contributed by atoms with Gasteiger partial charge in [0, 0.05) is 92.8 Å². The first-order valence-electron chi connectivity index (χ1n) is 31.4. The normalized spacial score (nSPS) is 19.2. The van der Waals surface area contributed by atoms with E-state index in [1.165, 1.54) is 59.7 Å². The van der Waals surface area contributed by atoms with Crippen LogP contribution in [0, 0.1) is 25.2 Å². The van der Waals surface area contributed by atoms with E-state index >= 15 is 0 Å². The average molecular weight is 1250 g/mol. The molecular formula is C67H79FN12O7S2. The first-order valence-corrected chi connectivity index (χ1v) is 33.1. The number of thiazole rings is 2. The van der Waals surface area contributed by atoms with Crippen LogP contribution in [0.25, 0.3) is 31.8 Å². The lowest BCUT2D eigenvalue weighted by Crippen LogP contribution is -2.59. The number of nitrogens with one attached hydrogen (secondary N) is 4. The van der Waals surface area contributed by atoms with Crippen molar-refractivity contribution in [1.82, 2.24) is 50.5 Å². The number of anilines is 2. The summed E-state index contributed by atoms with van der Waals surface area (Å²) in [6.45, 7) is 13.6. The molecule has 7 aromatic rings. The minimum Gasteiger partial charge on any atom is -0.492 e. The standard InChI is InChI=1S/C67H79FN12O7S2/c1-40-58(88-39-70-40)44-18-19-45(34-69-61(83)53-33-47(81)37-79(53)63(85)59(66(3,4)5)75-64(86)67(68)25-26-67)54(32-44)87-31-30-77-27-23-46(24-28-77)72-62(84)57-48(50-35-71-80(41(50)2)36-42-12-7-6-8-13-42)20-21-56(74-57)78-29-22-43-14-11-15-49(51(43)38-78)60(82)76-65-73-52-16-9-10-17-55(52)89-65/h9-11,14-21,32,35,39,42,46-47,53,59,81H,6-8,12-13,22-31,33-34,36-38H2,1-5H3,(H,69,83)(H,72,84)(H,75,86)(H,73,76,82)/t47-,53+,59-/m1/s1. The third-order valence-electron chi connectivity index (χ3n) is 18.5. The smallest absolute Gasteiger partial charge is 0.270 e. The summed E-state index contributed by atoms with van der Waals surface area (Å²) in [5.41, 5.74) is 7.88. The molecule has 0 spiro atoms. The molecule has 468 valence electrons. The van der Waals surface area contributed by atoms with Gasteiger partial charge >= 0.3 is 0 Å². The number of halogens is 1. The van der Waals surface area contributed by atoms with E-state index in [9.17, 15) is 33.5 Å². The molecule has 22 heteroatoms. The number of nitrogens with zero attached hydrogens (tertiary/aromatic N) is 8. The lowest BCUT2D eigenvalue weighted by atomic mass is 9.85. The number of likely N-dealkylation sites (tertiary alicyclic amines) is 2. The fourth-order valence-electron chi connectivity index (χ4n) is 13.0. The summed E-state index contributed by atoms with van der Waals surface area (Å²) in [6.07, 6.45) is 9.34. The van der Waals surface area contributed by atoms with Gasteiger partial charge in [0.15, 0.2) is 10.8 Å². The summed E-state index contributed by atoms with van der Waals surface area (Å²) in [5.74, 6) is -0.532. The molecule has 5 amide bonds. The summed E-state index contributed by atoms with van der Waals surface area (Å²) in [6, 6.07) is 21.3. The lowest BCUT2D eigenvalue weighted by molar-refractivity contribution is -0.145. The van der Waals surface area contributed by atoms with Crippen LogP contribution in [0.2, 0.25) is 0 Å². The highest BCUT2D eigenvalue weighted by Crippen LogP contribution is 2.41. The molecule has 3 aromatic carbocycles. The highest BCUT2D eigenvalue weighted by atomic mass is 32.1. The third-order valence-corrected chi connectivity index (χ3v) is 20.4. The first kappa shape index (κ1) is 61.6. The van der Waals surface area contributed by atoms with Gasteiger partial charge in [-0.2, -0.15) is 5.10 Å². The van der Waals surface area contributed by atoms with Crippen LogP contribution in [-0.4, -0.2) is 138 Å². The zero-order chi connectivity index (χ0) is 62.1. The second kappa shape index (κ2) is 26.0. The lowest BCUT2D eigenvalue weighted by Gasteiger charge is -2.35. The molecular weight excluding hydrogens is 1170 g/mol. The van der Waals surface area contributed by atoms with Gasteiger partial charge in [0.05, 0.1) is 38.6 Å². The molecule has 0 unspecified atom stereocenters. The number of rotatable bonds is 19. The second-order valence-corrected chi connectivity index (χ2v) is 27.7. The number of benzene rings is 3. The Morgan fingerprint density at radius 2 is 1.70 bits per heavy atom. The molecule has 2 aliphatic carbocycles. The van der Waals surface area contributed by atoms with Crippen LogP contribution in [-0.2, 0) is 40.4 Å². The van der Waals surface area contributed by atoms with Gasteiger partial charge in [-0.1, -0.05) is 87.8 Å². The number of piperidine rings is 1. The number of para-hydroxylation sites is 1. The number of hydrogen-bond acceptors (Lipinski definition) is 15. The minimum atomic E-state index is -1.99. The first-order chi connectivity index (χ1) is 42.8. The molecule has 4 fully saturated rings. The van der Waals surface area contributed by atoms with Crippen LogP contribution in [0.15, 0.2) is 84.5 Å². The van der Waals surface area contributed by atoms with Crippen LogP contribution in [0.5, 0.6) is 5.75 Å². The van der Waals surface area contributed by atoms with Gasteiger partial charge < -0.3 is 35.6 Å². The Balaban J connectivity index is 0.708. The van der Waals surface area contributed by atoms with Gasteiger partial charge in [0.2, 0.25) is 11.8 Å². The Hall–Kier alpha value is -7.66. The third kappa shape index (κ3) is 13.8. The van der Waals surface area contributed by atoms with Gasteiger partial charge in [0.25, 0.3) is 17.7 Å². The van der Waals surface area contributed by atoms with E-state index < -0.39 is 47.0 Å². The maximum Gasteiger partial charge on any atom is 0.270 e. The van der Waals surface area contributed by atoms with Crippen molar-refractivity contribution in [2.75, 3.05) is 49.5 Å². The summed E-state index contributed by atoms with van der Waals surface area (Å²) in [5, 5.41) is 28.3. The quantitative estimate of drug-likeness (QED) is 0.0509. The van der Waals surface area contributed by atoms with Gasteiger partial charge in [-0.05, 0) is 123 Å². The van der Waals surface area contributed by atoms with E-state index in [0.717, 1.165) is 60.8 Å². The highest BCUT2D eigenvalue weighted by molar-refractivity contribution is 7.22. The van der Waals surface area contributed by atoms with Crippen LogP contribution in [0.4, 0.5) is 15.3 Å². The number of amides is 5. The van der Waals surface area contributed by atoms with E-state index in [2.05, 4.69) is 58.7 Å². The maximum atomic E-state index is 14.9. The predicted molar refractivity (Wildman–Crippen MR) is 343 cm³/mol. The van der Waals surface area contributed by atoms with Crippen LogP contribution in [0.3, 0.4) is 0 Å². The van der Waals surface area contributed by atoms with E-state index in [-0.39, 0.29) is 50.2 Å². The summed E-state index contributed by atoms with van der Waals surface area (Å²) < 4.78 is 24.5. The van der Waals surface area contributed by atoms with Crippen LogP contribution >= 0.6 is 22.7 Å². The summed E-state index contributed by atoms with van der Waals surface area (Å²) in [4.78, 5) is 91.0. The molecule has 3 atom stereocenters. The van der Waals surface area contributed by atoms with Gasteiger partial charge in [-0.15, -0.1) is 11.3 Å². The molecule has 2 saturated heterocycles. The van der Waals surface area contributed by atoms with Crippen molar-refractivity contribution < 1.29 is 38.2 Å². The van der Waals surface area contributed by atoms with Crippen LogP contribution < -0.4 is 30.9 Å². The topological polar surface area (TPSA) is 229 Å². The van der Waals surface area contributed by atoms with Crippen LogP contribution in [0.1, 0.15) is 134 Å². The molecule has 19 nitrogen and oxygen atoms in total. The molecule has 4 aromatic heterocycles. The van der Waals surface area contributed by atoms with Crippen molar-refractivity contribution in [2.24, 2.45) is 11.3 Å². The molecule has 2 saturated carbocycles. The number of hydrogen-bond donors (Lipinski definition) is 5. The monoisotopic (exact) mass is 1250 g/mol. The van der Waals surface area contributed by atoms with E-state index in [4.69, 9.17) is 14.8 Å². The van der Waals surface area contributed by atoms with Gasteiger partial charge in [-0.25, -0.2) is 19.3 Å². The van der Waals surface area contributed by atoms with E-state index in [1.54, 1.807) is 26.3 Å². The van der Waals surface area contributed by atoms with E-state index in [0.29, 0.717) is 98.0 Å². The largest absolute Gasteiger partial charge is 0.492 e. The van der Waals surface area contributed by atoms with E-state index in [1.807, 2.05) is 79.9 Å². The van der Waals surface area contributed by atoms with Crippen molar-refractivity contribution in [3.8, 4) is 27.3 Å². The number of ether oxygens (including phenoxy) is 1. The zero-order valence-corrected chi connectivity index (χ0v) is 52.9. The molecule has 0 bridgehead atoms. The highest BCUT2D eigenvalue weighted by Gasteiger charge is 2.53. The minimum absolute atomic E-state index is 0.00716. The van der Waals surface area contributed by atoms with Crippen molar-refractivity contribution in [3.05, 3.63) is 124 Å². The number of aromatic nitrogens is 5. The number of aliphatic hydroxyl groups is 1. The molecule has 0 radical (unpaired) electrons. The number of alkyl halides is 1. The Bertz CT molecular complexity index is 3750. The number of carbonyl (C=O) groups is 5. The molecule has 7 heterocycles. The molecule has 3 aliphatic heterocycles. The maximum absolute atomic E-state index is 14.9. The van der Waals surface area contributed by atoms with Crippen molar-refractivity contribution in [2.45, 2.75) is 155 Å². The molecule has 5 aliphatic rings. The number of aliphatic hydroxyl groups excluding tert-OH is 1. The Morgan fingerprint density at radius 1 is 0.899 bits per heavy atom. The molecule has 5 N–H and O–H groups in total. The Morgan fingerprint density at radius 3 is 2.45 bits per heavy atom. The number of fused-ring (bicyclic) bond motifs is 2. The Labute approximate surface area is 526 Å². The number of carbonyl (C=O) groups excluding carboxylic acids is 5. The SMILES string of the molecule is Cc1ncsc1-c1ccc(CNC(=O)[C@@H]2C[C@@H](O)CN2C(=O)[C@@H](NC(=O)C2(F)CC2)C(C)(C)C)c(OCCN2CCC(NC(=O)c3nc(N4CCc5cccc(C(=O)Nc6nc7ccccc7s6)c5C4)ccc3-c3cnn(CC4CCCCC4)c3C)CC2)c1. The number of β-amino-alcohol motifs (C(OH)–C–C–N with tert-alkyl or cyclic N) is 1. The fraction of sp³-hybridized carbons (Fsp3) is 0.478. The predicted octanol–water partition coefficient (Wildman–Crippen LogP) is 9.57. The van der Waals surface area contributed by atoms with Crippen molar-refractivity contribution in [1.29, 1.82) is 0 Å². The van der Waals surface area contributed by atoms with Gasteiger partial charge in [-0.3, -0.25) is 38.9 Å². The van der Waals surface area contributed by atoms with Crippen molar-refractivity contribution >= 4 is 73.4 Å². The zero-order valence-electron chi connectivity index (χ0n) is 51.3. The fourth-order valence-corrected chi connectivity index (χ4v) is 14.7. The summed E-state index contributed by atoms with van der Waals surface area (Å²) in [7, 11) is 0. The molecule has 12 rings (SSSR count). The Kier molecular flexibility index (Phi) is 18.0. The number of pyridine rings is 1. The average Bonchev–Trinajstić information content (AvgIpc) is 1.99. The molecule has 89 heavy (non-hydrogen) atoms. The number of aryl methyl sites for hydroxylation is 1.